The third kappa shape index (κ3) is 13.6. The lowest BCUT2D eigenvalue weighted by molar-refractivity contribution is -0.384. The molecule has 0 saturated carbocycles. The molecule has 4 aromatic carbocycles. The summed E-state index contributed by atoms with van der Waals surface area (Å²) in [6.07, 6.45) is 1.25. The van der Waals surface area contributed by atoms with Gasteiger partial charge in [-0.15, -0.1) is 0 Å². The summed E-state index contributed by atoms with van der Waals surface area (Å²) in [4.78, 5) is 73.5. The zero-order valence-electron chi connectivity index (χ0n) is 36.1. The number of aromatic amines is 1. The van der Waals surface area contributed by atoms with Gasteiger partial charge in [-0.1, -0.05) is 103 Å². The largest absolute Gasteiger partial charge is 1.00 e. The number of alkyl halides is 6. The highest BCUT2D eigenvalue weighted by molar-refractivity contribution is 6.33. The first-order valence-corrected chi connectivity index (χ1v) is 21.1. The molecule has 0 fully saturated rings. The number of nitro benzene ring substituents is 2. The van der Waals surface area contributed by atoms with Crippen LogP contribution in [0.2, 0.25) is 10.0 Å². The normalized spacial score (nSPS) is 11.0. The maximum absolute atomic E-state index is 13.8. The maximum atomic E-state index is 13.8. The van der Waals surface area contributed by atoms with Crippen LogP contribution in [0.15, 0.2) is 104 Å². The Kier molecular flexibility index (Phi) is 19.7. The number of halogens is 9. The van der Waals surface area contributed by atoms with E-state index in [-0.39, 0.29) is 52.8 Å². The summed E-state index contributed by atoms with van der Waals surface area (Å²) in [5.41, 5.74) is -6.46. The average molecular weight is 1100 g/mol. The predicted molar refractivity (Wildman–Crippen MR) is 244 cm³/mol. The Bertz CT molecular complexity index is 3070. The Morgan fingerprint density at radius 1 is 0.662 bits per heavy atom. The molecule has 1 N–H and O–H groups in total. The summed E-state index contributed by atoms with van der Waals surface area (Å²) in [6, 6.07) is 21.7. The highest BCUT2D eigenvalue weighted by Gasteiger charge is 2.38. The first kappa shape index (κ1) is 56.3. The molecule has 25 heteroatoms. The molecule has 0 spiro atoms. The van der Waals surface area contributed by atoms with Gasteiger partial charge in [0.2, 0.25) is 0 Å². The number of hydrogen-bond acceptors (Lipinski definition) is 10. The number of benzene rings is 4. The molecule has 6 rings (SSSR count). The van der Waals surface area contributed by atoms with Crippen LogP contribution < -0.4 is 49.0 Å². The lowest BCUT2D eigenvalue weighted by Crippen LogP contribution is -3.00. The Morgan fingerprint density at radius 2 is 1.09 bits per heavy atom. The topological polar surface area (TPSA) is 204 Å². The zero-order chi connectivity index (χ0) is 50.1. The zero-order valence-corrected chi connectivity index (χ0v) is 40.7. The van der Waals surface area contributed by atoms with E-state index >= 15 is 0 Å². The minimum atomic E-state index is -4.12. The summed E-state index contributed by atoms with van der Waals surface area (Å²) >= 11 is 21.3. The molecular weight excluding hydrogens is 1060 g/mol. The molecule has 2 aromatic heterocycles. The SMILES string of the molecule is CCC.CCn1c(C(F)(F)Cl)c(Cl)c(=O)n(-c2ccc(OCc3cccc(C)c3)cc2[N+](=O)[O-])c1=O.Cc1cccc(COc2ccc(-n3c(=O)[nH]c(C(F)(F)Cl)c(Cl)c3=O)c([N+](=O)[O-])c2)c1.[Br-]. The smallest absolute Gasteiger partial charge is 0.364 e. The highest BCUT2D eigenvalue weighted by atomic mass is 79.9. The molecule has 0 aliphatic heterocycles. The van der Waals surface area contributed by atoms with E-state index in [1.54, 1.807) is 4.98 Å². The van der Waals surface area contributed by atoms with Crippen molar-refractivity contribution in [3.05, 3.63) is 191 Å². The fourth-order valence-corrected chi connectivity index (χ4v) is 7.12. The number of nitro groups is 2. The van der Waals surface area contributed by atoms with E-state index in [9.17, 15) is 57.0 Å². The van der Waals surface area contributed by atoms with Crippen molar-refractivity contribution in [3.63, 3.8) is 0 Å². The molecule has 0 saturated heterocycles. The lowest BCUT2D eigenvalue weighted by atomic mass is 10.1. The number of aromatic nitrogens is 4. The number of nitrogens with one attached hydrogen (secondary N) is 1. The number of nitrogens with zero attached hydrogens (tertiary/aromatic N) is 5. The lowest BCUT2D eigenvalue weighted by Gasteiger charge is -2.18. The molecule has 0 amide bonds. The molecule has 16 nitrogen and oxygen atoms in total. The third-order valence-electron chi connectivity index (χ3n) is 8.95. The van der Waals surface area contributed by atoms with Gasteiger partial charge < -0.3 is 31.4 Å². The molecule has 0 aliphatic rings. The van der Waals surface area contributed by atoms with Crippen LogP contribution in [0, 0.1) is 34.1 Å². The van der Waals surface area contributed by atoms with E-state index in [1.807, 2.05) is 62.4 Å². The minimum absolute atomic E-state index is 0. The first-order valence-electron chi connectivity index (χ1n) is 19.5. The minimum Gasteiger partial charge on any atom is -1.00 e. The van der Waals surface area contributed by atoms with Crippen molar-refractivity contribution in [2.24, 2.45) is 0 Å². The van der Waals surface area contributed by atoms with Gasteiger partial charge in [-0.25, -0.2) is 18.7 Å². The van der Waals surface area contributed by atoms with Crippen molar-refractivity contribution in [3.8, 4) is 22.9 Å². The molecular formula is C43H38BrCl4F4N6O10-. The number of rotatable bonds is 13. The summed E-state index contributed by atoms with van der Waals surface area (Å²) in [5.74, 6) is 0.197. The molecule has 6 aromatic rings. The number of ether oxygens (including phenoxy) is 2. The van der Waals surface area contributed by atoms with Crippen LogP contribution in [0.25, 0.3) is 11.4 Å². The van der Waals surface area contributed by atoms with Gasteiger partial charge in [0, 0.05) is 6.54 Å². The van der Waals surface area contributed by atoms with Gasteiger partial charge >= 0.3 is 22.1 Å². The van der Waals surface area contributed by atoms with E-state index in [1.165, 1.54) is 25.5 Å². The average Bonchev–Trinajstić information content (AvgIpc) is 3.25. The second-order valence-electron chi connectivity index (χ2n) is 14.2. The second-order valence-corrected chi connectivity index (χ2v) is 15.9. The Hall–Kier alpha value is -6.00. The fourth-order valence-electron chi connectivity index (χ4n) is 6.13. The van der Waals surface area contributed by atoms with Crippen molar-refractivity contribution in [2.45, 2.75) is 71.6 Å². The third-order valence-corrected chi connectivity index (χ3v) is 10.0. The molecule has 0 aliphatic carbocycles. The molecule has 68 heavy (non-hydrogen) atoms. The van der Waals surface area contributed by atoms with Crippen molar-refractivity contribution >= 4 is 57.8 Å². The van der Waals surface area contributed by atoms with Gasteiger partial charge in [-0.3, -0.25) is 34.4 Å². The van der Waals surface area contributed by atoms with Crippen LogP contribution in [0.1, 0.15) is 60.8 Å². The number of H-pyrrole nitrogens is 1. The standard InChI is InChI=1S/C21H17Cl2F2N3O5.C19H13Cl2F2N3O5.C3H8.BrH/c1-3-26-18(21(23,24)25)17(22)19(29)27(20(26)30)15-8-7-14(10-16(15)28(31)32)33-11-13-6-4-5-12(2)9-13;1-10-3-2-4-11(7-10)9-31-12-5-6-13(14(8-12)26(29)30)25-17(27)15(20)16(19(21,22)23)24-18(25)28;1-3-2;/h4-10H,3,11H2,1-2H3;2-8H,9H2,1H3,(H,24,28);3H2,1-2H3;1H/p-1. The molecule has 364 valence electrons. The van der Waals surface area contributed by atoms with E-state index in [0.29, 0.717) is 9.13 Å². The Labute approximate surface area is 413 Å². The van der Waals surface area contributed by atoms with Crippen LogP contribution in [-0.2, 0) is 30.5 Å². The summed E-state index contributed by atoms with van der Waals surface area (Å²) in [7, 11) is 0. The fraction of sp³-hybridized carbons (Fsp3) is 0.256. The van der Waals surface area contributed by atoms with E-state index in [0.717, 1.165) is 46.5 Å². The number of hydrogen-bond donors (Lipinski definition) is 1. The quantitative estimate of drug-likeness (QED) is 0.0524. The van der Waals surface area contributed by atoms with Gasteiger partial charge in [0.05, 0.1) is 22.0 Å². The molecule has 0 bridgehead atoms. The van der Waals surface area contributed by atoms with Gasteiger partial charge in [0.1, 0.15) is 57.5 Å². The van der Waals surface area contributed by atoms with E-state index in [2.05, 4.69) is 13.8 Å². The van der Waals surface area contributed by atoms with Gasteiger partial charge in [0.15, 0.2) is 0 Å². The van der Waals surface area contributed by atoms with Crippen molar-refractivity contribution in [2.75, 3.05) is 0 Å². The van der Waals surface area contributed by atoms with E-state index < -0.39 is 87.3 Å². The Morgan fingerprint density at radius 3 is 1.47 bits per heavy atom. The Balaban J connectivity index is 0.000000336. The van der Waals surface area contributed by atoms with Crippen LogP contribution in [0.3, 0.4) is 0 Å². The molecule has 2 heterocycles. The van der Waals surface area contributed by atoms with Crippen LogP contribution in [0.4, 0.5) is 28.9 Å². The molecule has 0 radical (unpaired) electrons. The van der Waals surface area contributed by atoms with Crippen LogP contribution in [0.5, 0.6) is 11.5 Å². The van der Waals surface area contributed by atoms with E-state index in [4.69, 9.17) is 55.9 Å². The summed E-state index contributed by atoms with van der Waals surface area (Å²) in [5, 5.41) is 12.9. The van der Waals surface area contributed by atoms with Crippen molar-refractivity contribution in [1.82, 2.24) is 18.7 Å². The van der Waals surface area contributed by atoms with Crippen LogP contribution in [-0.4, -0.2) is 28.5 Å². The maximum Gasteiger partial charge on any atom is 0.364 e. The van der Waals surface area contributed by atoms with Crippen LogP contribution >= 0.6 is 46.4 Å². The van der Waals surface area contributed by atoms with Crippen molar-refractivity contribution < 1.29 is 53.9 Å². The molecule has 0 unspecified atom stereocenters. The van der Waals surface area contributed by atoms with Gasteiger partial charge in [-0.2, -0.15) is 17.6 Å². The monoisotopic (exact) mass is 1090 g/mol. The first-order chi connectivity index (χ1) is 31.3. The van der Waals surface area contributed by atoms with Gasteiger partial charge in [0.25, 0.3) is 22.5 Å². The summed E-state index contributed by atoms with van der Waals surface area (Å²) < 4.78 is 66.6. The number of aryl methyl sites for hydroxylation is 2. The highest BCUT2D eigenvalue weighted by Crippen LogP contribution is 2.36. The summed E-state index contributed by atoms with van der Waals surface area (Å²) in [6.45, 7) is 9.32. The predicted octanol–water partition coefficient (Wildman–Crippen LogP) is 7.44. The second kappa shape index (κ2) is 23.8. The van der Waals surface area contributed by atoms with Crippen molar-refractivity contribution in [1.29, 1.82) is 0 Å². The molecule has 0 atom stereocenters. The van der Waals surface area contributed by atoms with Gasteiger partial charge in [-0.05, 0) is 79.4 Å².